The highest BCUT2D eigenvalue weighted by Gasteiger charge is 2.24. The number of carbonyl (C=O) groups is 2. The molecule has 0 spiro atoms. The molecule has 0 aromatic rings. The number of likely N-dealkylation sites (tertiary alicyclic amines) is 1. The SMILES string of the molecule is CC(=O)C1CCN(C(=O)CCOCCOCCOI)CC1. The summed E-state index contributed by atoms with van der Waals surface area (Å²) in [6, 6.07) is 0. The maximum absolute atomic E-state index is 12.0. The van der Waals surface area contributed by atoms with Crippen LogP contribution in [0.4, 0.5) is 0 Å². The summed E-state index contributed by atoms with van der Waals surface area (Å²) >= 11 is 1.82. The number of nitrogens with zero attached hydrogens (tertiary/aromatic N) is 1. The van der Waals surface area contributed by atoms with Crippen molar-refractivity contribution in [3.8, 4) is 0 Å². The third-order valence-corrected chi connectivity index (χ3v) is 4.00. The molecule has 0 N–H and O–H groups in total. The molecule has 0 bridgehead atoms. The van der Waals surface area contributed by atoms with E-state index in [2.05, 4.69) is 0 Å². The van der Waals surface area contributed by atoms with E-state index in [1.807, 2.05) is 27.9 Å². The molecule has 21 heavy (non-hydrogen) atoms. The molecule has 1 amide bonds. The molecule has 0 atom stereocenters. The first kappa shape index (κ1) is 18.8. The summed E-state index contributed by atoms with van der Waals surface area (Å²) in [6.45, 7) is 5.53. The van der Waals surface area contributed by atoms with E-state index in [0.717, 1.165) is 12.8 Å². The van der Waals surface area contributed by atoms with Crippen molar-refractivity contribution >= 4 is 34.7 Å². The summed E-state index contributed by atoms with van der Waals surface area (Å²) in [5, 5.41) is 0. The Morgan fingerprint density at radius 3 is 2.19 bits per heavy atom. The highest BCUT2D eigenvalue weighted by Crippen LogP contribution is 2.18. The Bertz CT molecular complexity index is 318. The predicted molar refractivity (Wildman–Crippen MR) is 86.2 cm³/mol. The molecule has 7 heteroatoms. The minimum absolute atomic E-state index is 0.108. The molecule has 1 fully saturated rings. The number of hydrogen-bond acceptors (Lipinski definition) is 5. The van der Waals surface area contributed by atoms with E-state index in [9.17, 15) is 9.59 Å². The minimum atomic E-state index is 0.108. The molecule has 1 aliphatic rings. The molecule has 1 saturated heterocycles. The third-order valence-electron chi connectivity index (χ3n) is 3.56. The van der Waals surface area contributed by atoms with Gasteiger partial charge in [-0.3, -0.25) is 9.59 Å². The van der Waals surface area contributed by atoms with Gasteiger partial charge in [0.2, 0.25) is 5.91 Å². The summed E-state index contributed by atoms with van der Waals surface area (Å²) in [5.74, 6) is 0.476. The van der Waals surface area contributed by atoms with Gasteiger partial charge in [0.05, 0.1) is 39.5 Å². The topological polar surface area (TPSA) is 65.1 Å². The van der Waals surface area contributed by atoms with Crippen molar-refractivity contribution in [1.82, 2.24) is 4.90 Å². The lowest BCUT2D eigenvalue weighted by Crippen LogP contribution is -2.40. The Balaban J connectivity index is 2.00. The van der Waals surface area contributed by atoms with Crippen molar-refractivity contribution in [3.63, 3.8) is 0 Å². The van der Waals surface area contributed by atoms with Gasteiger partial charge in [-0.05, 0) is 19.8 Å². The standard InChI is InChI=1S/C14H24INO5/c1-12(17)13-2-5-16(6-3-13)14(18)4-7-19-8-9-20-10-11-21-15/h13H,2-11H2,1H3. The van der Waals surface area contributed by atoms with E-state index in [1.165, 1.54) is 0 Å². The number of halogens is 1. The molecule has 1 heterocycles. The maximum atomic E-state index is 12.0. The lowest BCUT2D eigenvalue weighted by molar-refractivity contribution is -0.135. The average molecular weight is 413 g/mol. The molecule has 0 aromatic carbocycles. The van der Waals surface area contributed by atoms with Crippen LogP contribution in [0.5, 0.6) is 0 Å². The molecule has 1 rings (SSSR count). The van der Waals surface area contributed by atoms with Crippen LogP contribution in [0.25, 0.3) is 0 Å². The van der Waals surface area contributed by atoms with Crippen LogP contribution < -0.4 is 0 Å². The number of hydrogen-bond donors (Lipinski definition) is 0. The van der Waals surface area contributed by atoms with Gasteiger partial charge in [0, 0.05) is 19.0 Å². The van der Waals surface area contributed by atoms with E-state index < -0.39 is 0 Å². The van der Waals surface area contributed by atoms with Crippen molar-refractivity contribution < 1.29 is 22.1 Å². The fourth-order valence-electron chi connectivity index (χ4n) is 2.27. The van der Waals surface area contributed by atoms with Crippen molar-refractivity contribution in [2.45, 2.75) is 26.2 Å². The first-order chi connectivity index (χ1) is 10.1. The Morgan fingerprint density at radius 2 is 1.62 bits per heavy atom. The number of piperidine rings is 1. The molecule has 1 aliphatic heterocycles. The van der Waals surface area contributed by atoms with Crippen LogP contribution in [-0.4, -0.2) is 62.7 Å². The van der Waals surface area contributed by atoms with Gasteiger partial charge in [-0.2, -0.15) is 0 Å². The fraction of sp³-hybridized carbons (Fsp3) is 0.857. The molecule has 0 radical (unpaired) electrons. The van der Waals surface area contributed by atoms with Crippen LogP contribution >= 0.6 is 23.0 Å². The summed E-state index contributed by atoms with van der Waals surface area (Å²) in [5.41, 5.74) is 0. The number of amides is 1. The number of rotatable bonds is 10. The van der Waals surface area contributed by atoms with Crippen molar-refractivity contribution in [1.29, 1.82) is 0 Å². The Hall–Kier alpha value is -0.250. The van der Waals surface area contributed by atoms with E-state index in [0.29, 0.717) is 52.5 Å². The maximum Gasteiger partial charge on any atom is 0.224 e. The molecular formula is C14H24INO5. The first-order valence-electron chi connectivity index (χ1n) is 7.32. The van der Waals surface area contributed by atoms with Crippen LogP contribution in [0.15, 0.2) is 0 Å². The molecule has 122 valence electrons. The van der Waals surface area contributed by atoms with E-state index >= 15 is 0 Å². The van der Waals surface area contributed by atoms with Gasteiger partial charge in [-0.1, -0.05) is 0 Å². The molecular weight excluding hydrogens is 389 g/mol. The van der Waals surface area contributed by atoms with Crippen LogP contribution in [0.2, 0.25) is 0 Å². The number of carbonyl (C=O) groups excluding carboxylic acids is 2. The lowest BCUT2D eigenvalue weighted by Gasteiger charge is -2.30. The third kappa shape index (κ3) is 8.08. The largest absolute Gasteiger partial charge is 0.379 e. The summed E-state index contributed by atoms with van der Waals surface area (Å²) in [4.78, 5) is 25.1. The molecule has 0 saturated carbocycles. The van der Waals surface area contributed by atoms with Gasteiger partial charge in [0.15, 0.2) is 0 Å². The zero-order valence-corrected chi connectivity index (χ0v) is 14.7. The summed E-state index contributed by atoms with van der Waals surface area (Å²) in [7, 11) is 0. The normalized spacial score (nSPS) is 16.2. The lowest BCUT2D eigenvalue weighted by atomic mass is 9.93. The summed E-state index contributed by atoms with van der Waals surface area (Å²) < 4.78 is 15.4. The average Bonchev–Trinajstić information content (AvgIpc) is 2.49. The minimum Gasteiger partial charge on any atom is -0.379 e. The first-order valence-corrected chi connectivity index (χ1v) is 8.20. The van der Waals surface area contributed by atoms with Crippen LogP contribution in [0.1, 0.15) is 26.2 Å². The van der Waals surface area contributed by atoms with Gasteiger partial charge in [0.1, 0.15) is 28.8 Å². The Kier molecular flexibility index (Phi) is 10.1. The molecule has 0 aliphatic carbocycles. The van der Waals surface area contributed by atoms with E-state index in [-0.39, 0.29) is 17.6 Å². The van der Waals surface area contributed by atoms with Gasteiger partial charge < -0.3 is 17.4 Å². The number of ketones is 1. The quantitative estimate of drug-likeness (QED) is 0.402. The monoisotopic (exact) mass is 413 g/mol. The highest BCUT2D eigenvalue weighted by molar-refractivity contribution is 14.1. The van der Waals surface area contributed by atoms with E-state index in [4.69, 9.17) is 12.5 Å². The predicted octanol–water partition coefficient (Wildman–Crippen LogP) is 1.60. The van der Waals surface area contributed by atoms with Crippen molar-refractivity contribution in [2.75, 3.05) is 46.1 Å². The number of Topliss-reactive ketones (excluding diaryl/α,β-unsaturated/α-hetero) is 1. The molecule has 6 nitrogen and oxygen atoms in total. The van der Waals surface area contributed by atoms with Gasteiger partial charge in [-0.15, -0.1) is 0 Å². The second kappa shape index (κ2) is 11.3. The van der Waals surface area contributed by atoms with Crippen LogP contribution in [0.3, 0.4) is 0 Å². The molecule has 0 unspecified atom stereocenters. The zero-order valence-electron chi connectivity index (χ0n) is 12.5. The van der Waals surface area contributed by atoms with Gasteiger partial charge >= 0.3 is 0 Å². The fourth-order valence-corrected chi connectivity index (χ4v) is 2.45. The van der Waals surface area contributed by atoms with Crippen LogP contribution in [-0.2, 0) is 22.1 Å². The van der Waals surface area contributed by atoms with E-state index in [1.54, 1.807) is 6.92 Å². The second-order valence-electron chi connectivity index (χ2n) is 5.05. The smallest absolute Gasteiger partial charge is 0.224 e. The zero-order chi connectivity index (χ0) is 15.5. The summed E-state index contributed by atoms with van der Waals surface area (Å²) in [6.07, 6.45) is 1.96. The van der Waals surface area contributed by atoms with Crippen molar-refractivity contribution in [3.05, 3.63) is 0 Å². The van der Waals surface area contributed by atoms with Gasteiger partial charge in [0.25, 0.3) is 0 Å². The van der Waals surface area contributed by atoms with Gasteiger partial charge in [-0.25, -0.2) is 0 Å². The second-order valence-corrected chi connectivity index (χ2v) is 5.68. The van der Waals surface area contributed by atoms with Crippen LogP contribution in [0, 0.1) is 5.92 Å². The molecule has 0 aromatic heterocycles. The van der Waals surface area contributed by atoms with Crippen molar-refractivity contribution in [2.24, 2.45) is 5.92 Å². The highest BCUT2D eigenvalue weighted by atomic mass is 127. The Morgan fingerprint density at radius 1 is 1.05 bits per heavy atom. The number of ether oxygens (including phenoxy) is 2. The Labute approximate surface area is 140 Å².